The van der Waals surface area contributed by atoms with Gasteiger partial charge < -0.3 is 10.0 Å². The number of carbonyl (C=O) groups is 1. The lowest BCUT2D eigenvalue weighted by Gasteiger charge is -2.57. The van der Waals surface area contributed by atoms with Crippen molar-refractivity contribution < 1.29 is 9.90 Å². The Balaban J connectivity index is 1.23. The van der Waals surface area contributed by atoms with Crippen molar-refractivity contribution in [3.8, 4) is 0 Å². The van der Waals surface area contributed by atoms with Crippen molar-refractivity contribution in [2.75, 3.05) is 11.4 Å². The molecule has 32 heavy (non-hydrogen) atoms. The molecule has 8 atom stereocenters. The number of fused-ring (bicyclic) bond motifs is 6. The fourth-order valence-corrected chi connectivity index (χ4v) is 9.44. The van der Waals surface area contributed by atoms with Crippen molar-refractivity contribution in [3.63, 3.8) is 0 Å². The van der Waals surface area contributed by atoms with Crippen LogP contribution in [0.2, 0.25) is 0 Å². The number of benzene rings is 1. The molecule has 0 bridgehead atoms. The van der Waals surface area contributed by atoms with Crippen molar-refractivity contribution in [1.29, 1.82) is 0 Å². The summed E-state index contributed by atoms with van der Waals surface area (Å²) in [5.41, 5.74) is 2.27. The third-order valence-corrected chi connectivity index (χ3v) is 10.9. The first-order valence-electron chi connectivity index (χ1n) is 13.5. The molecule has 3 nitrogen and oxygen atoms in total. The van der Waals surface area contributed by atoms with Gasteiger partial charge in [-0.15, -0.1) is 0 Å². The minimum atomic E-state index is -0.438. The van der Waals surface area contributed by atoms with Gasteiger partial charge in [0.1, 0.15) is 0 Å². The summed E-state index contributed by atoms with van der Waals surface area (Å²) in [6.07, 6.45) is 12.9. The van der Waals surface area contributed by atoms with E-state index in [1.807, 2.05) is 0 Å². The molecule has 0 spiro atoms. The summed E-state index contributed by atoms with van der Waals surface area (Å²) in [4.78, 5) is 16.1. The molecule has 0 aromatic heterocycles. The number of nitrogens with zero attached hydrogens (tertiary/aromatic N) is 1. The molecular formula is C29H41NO2. The van der Waals surface area contributed by atoms with Gasteiger partial charge in [-0.05, 0) is 124 Å². The number of para-hydroxylation sites is 1. The van der Waals surface area contributed by atoms with Gasteiger partial charge in [0.25, 0.3) is 0 Å². The maximum atomic E-state index is 14.0. The van der Waals surface area contributed by atoms with Crippen LogP contribution in [0.4, 0.5) is 5.69 Å². The maximum Gasteiger partial charge on any atom is 0.230 e. The summed E-state index contributed by atoms with van der Waals surface area (Å²) >= 11 is 0. The molecule has 4 saturated carbocycles. The van der Waals surface area contributed by atoms with Gasteiger partial charge in [-0.2, -0.15) is 0 Å². The van der Waals surface area contributed by atoms with Crippen LogP contribution in [0.5, 0.6) is 0 Å². The van der Waals surface area contributed by atoms with Crippen molar-refractivity contribution in [2.24, 2.45) is 40.9 Å². The van der Waals surface area contributed by atoms with E-state index < -0.39 is 5.60 Å². The van der Waals surface area contributed by atoms with Gasteiger partial charge in [-0.25, -0.2) is 0 Å². The Labute approximate surface area is 194 Å². The molecule has 1 aliphatic heterocycles. The molecule has 4 fully saturated rings. The highest BCUT2D eigenvalue weighted by molar-refractivity contribution is 5.96. The first-order chi connectivity index (χ1) is 15.4. The van der Waals surface area contributed by atoms with Crippen molar-refractivity contribution in [1.82, 2.24) is 0 Å². The predicted molar refractivity (Wildman–Crippen MR) is 128 cm³/mol. The molecule has 6 rings (SSSR count). The van der Waals surface area contributed by atoms with Crippen LogP contribution in [0.15, 0.2) is 24.3 Å². The summed E-state index contributed by atoms with van der Waals surface area (Å²) in [5.74, 6) is 4.54. The van der Waals surface area contributed by atoms with Crippen LogP contribution >= 0.6 is 0 Å². The topological polar surface area (TPSA) is 40.5 Å². The molecule has 5 aliphatic rings. The normalized spacial score (nSPS) is 45.4. The third kappa shape index (κ3) is 3.21. The van der Waals surface area contributed by atoms with Gasteiger partial charge in [0.15, 0.2) is 0 Å². The molecule has 1 aromatic rings. The second-order valence-corrected chi connectivity index (χ2v) is 12.6. The van der Waals surface area contributed by atoms with E-state index in [1.54, 1.807) is 0 Å². The van der Waals surface area contributed by atoms with E-state index in [2.05, 4.69) is 43.0 Å². The molecule has 0 radical (unpaired) electrons. The molecule has 1 heterocycles. The van der Waals surface area contributed by atoms with Crippen LogP contribution in [-0.4, -0.2) is 23.2 Å². The van der Waals surface area contributed by atoms with Crippen LogP contribution in [-0.2, 0) is 11.2 Å². The standard InChI is InChI=1S/C29H41NO2/c1-28(32)15-13-21-20(18-28)9-10-23-22(21)14-16-29(2)24(23)11-12-25(29)27(31)30-17-5-7-19-6-3-4-8-26(19)30/h3-4,6,8,20-25,32H,5,7,9-18H2,1-2H3/t20-,21+,22-,23-,24+,25-,28-,29+/m1/s1. The number of rotatable bonds is 1. The highest BCUT2D eigenvalue weighted by Crippen LogP contribution is 2.65. The van der Waals surface area contributed by atoms with Crippen molar-refractivity contribution in [3.05, 3.63) is 29.8 Å². The van der Waals surface area contributed by atoms with Crippen molar-refractivity contribution in [2.45, 2.75) is 90.1 Å². The summed E-state index contributed by atoms with van der Waals surface area (Å²) < 4.78 is 0. The van der Waals surface area contributed by atoms with Crippen LogP contribution in [0.3, 0.4) is 0 Å². The van der Waals surface area contributed by atoms with Gasteiger partial charge in [-0.3, -0.25) is 4.79 Å². The third-order valence-electron chi connectivity index (χ3n) is 10.9. The monoisotopic (exact) mass is 435 g/mol. The molecule has 174 valence electrons. The average Bonchev–Trinajstić information content (AvgIpc) is 3.14. The quantitative estimate of drug-likeness (QED) is 0.589. The Kier molecular flexibility index (Phi) is 5.02. The zero-order chi connectivity index (χ0) is 22.1. The zero-order valence-corrected chi connectivity index (χ0v) is 20.1. The Morgan fingerprint density at radius 2 is 1.78 bits per heavy atom. The predicted octanol–water partition coefficient (Wildman–Crippen LogP) is 5.99. The van der Waals surface area contributed by atoms with E-state index in [0.29, 0.717) is 5.91 Å². The SMILES string of the molecule is C[C@@]1(O)CC[C@H]2[C@H](CC[C@@H]3[C@@H]2CC[C@]2(C)[C@@H](C(=O)N4CCCc5ccccc54)CC[C@@H]32)C1. The first kappa shape index (κ1) is 21.2. The second-order valence-electron chi connectivity index (χ2n) is 12.6. The second kappa shape index (κ2) is 7.58. The molecule has 0 saturated heterocycles. The zero-order valence-electron chi connectivity index (χ0n) is 20.1. The highest BCUT2D eigenvalue weighted by Gasteiger charge is 2.59. The van der Waals surface area contributed by atoms with Crippen LogP contribution in [0, 0.1) is 40.9 Å². The summed E-state index contributed by atoms with van der Waals surface area (Å²) in [6, 6.07) is 8.58. The Hall–Kier alpha value is -1.35. The number of hydrogen-bond acceptors (Lipinski definition) is 2. The number of carbonyl (C=O) groups excluding carboxylic acids is 1. The Morgan fingerprint density at radius 3 is 2.66 bits per heavy atom. The smallest absolute Gasteiger partial charge is 0.230 e. The highest BCUT2D eigenvalue weighted by atomic mass is 16.3. The lowest BCUT2D eigenvalue weighted by atomic mass is 9.49. The number of anilines is 1. The molecular weight excluding hydrogens is 394 g/mol. The fourth-order valence-electron chi connectivity index (χ4n) is 9.44. The molecule has 0 unspecified atom stereocenters. The minimum Gasteiger partial charge on any atom is -0.390 e. The molecule has 1 N–H and O–H groups in total. The van der Waals surface area contributed by atoms with Crippen molar-refractivity contribution >= 4 is 11.6 Å². The lowest BCUT2D eigenvalue weighted by molar-refractivity contribution is -0.132. The number of hydrogen-bond donors (Lipinski definition) is 1. The van der Waals surface area contributed by atoms with Gasteiger partial charge >= 0.3 is 0 Å². The van der Waals surface area contributed by atoms with E-state index in [4.69, 9.17) is 0 Å². The Morgan fingerprint density at radius 1 is 0.969 bits per heavy atom. The van der Waals surface area contributed by atoms with Crippen LogP contribution in [0.1, 0.15) is 83.6 Å². The van der Waals surface area contributed by atoms with Crippen LogP contribution in [0.25, 0.3) is 0 Å². The maximum absolute atomic E-state index is 14.0. The molecule has 3 heteroatoms. The summed E-state index contributed by atoms with van der Waals surface area (Å²) in [5, 5.41) is 10.6. The van der Waals surface area contributed by atoms with Gasteiger partial charge in [0, 0.05) is 18.2 Å². The van der Waals surface area contributed by atoms with E-state index in [9.17, 15) is 9.90 Å². The van der Waals surface area contributed by atoms with E-state index in [-0.39, 0.29) is 11.3 Å². The van der Waals surface area contributed by atoms with Crippen LogP contribution < -0.4 is 4.90 Å². The minimum absolute atomic E-state index is 0.178. The van der Waals surface area contributed by atoms with E-state index in [0.717, 1.165) is 68.2 Å². The summed E-state index contributed by atoms with van der Waals surface area (Å²) in [7, 11) is 0. The Bertz CT molecular complexity index is 893. The number of amides is 1. The molecule has 4 aliphatic carbocycles. The molecule has 1 amide bonds. The lowest BCUT2D eigenvalue weighted by Crippen LogP contribution is -2.52. The van der Waals surface area contributed by atoms with E-state index in [1.165, 1.54) is 49.8 Å². The number of aliphatic hydroxyl groups is 1. The fraction of sp³-hybridized carbons (Fsp3) is 0.759. The number of aryl methyl sites for hydroxylation is 1. The average molecular weight is 436 g/mol. The van der Waals surface area contributed by atoms with Gasteiger partial charge in [-0.1, -0.05) is 25.1 Å². The summed E-state index contributed by atoms with van der Waals surface area (Å²) in [6.45, 7) is 5.43. The van der Waals surface area contributed by atoms with Gasteiger partial charge in [0.2, 0.25) is 5.91 Å². The van der Waals surface area contributed by atoms with E-state index >= 15 is 0 Å². The first-order valence-corrected chi connectivity index (χ1v) is 13.5. The molecule has 1 aromatic carbocycles. The van der Waals surface area contributed by atoms with Gasteiger partial charge in [0.05, 0.1) is 5.60 Å². The largest absolute Gasteiger partial charge is 0.390 e.